The first-order valence-electron chi connectivity index (χ1n) is 12.7. The number of ether oxygens (including phenoxy) is 1. The van der Waals surface area contributed by atoms with E-state index in [1.807, 2.05) is 18.5 Å². The number of piperidine rings is 3. The summed E-state index contributed by atoms with van der Waals surface area (Å²) in [7, 11) is 3.79. The van der Waals surface area contributed by atoms with Gasteiger partial charge in [-0.1, -0.05) is 12.1 Å². The van der Waals surface area contributed by atoms with Gasteiger partial charge < -0.3 is 29.3 Å². The molecule has 4 heterocycles. The molecule has 3 aliphatic heterocycles. The number of imidazole rings is 1. The number of rotatable bonds is 6. The maximum atomic E-state index is 13.1. The van der Waals surface area contributed by atoms with Gasteiger partial charge in [-0.05, 0) is 55.2 Å². The van der Waals surface area contributed by atoms with Crippen molar-refractivity contribution in [3.63, 3.8) is 0 Å². The van der Waals surface area contributed by atoms with Crippen LogP contribution in [0.1, 0.15) is 37.1 Å². The van der Waals surface area contributed by atoms with E-state index < -0.39 is 0 Å². The van der Waals surface area contributed by atoms with E-state index in [-0.39, 0.29) is 19.0 Å². The summed E-state index contributed by atoms with van der Waals surface area (Å²) in [5.74, 6) is 3.56. The molecule has 3 aliphatic rings. The normalized spacial score (nSPS) is 24.5. The Labute approximate surface area is 217 Å². The Bertz CT molecular complexity index is 1020. The van der Waals surface area contributed by atoms with Crippen LogP contribution in [0.2, 0.25) is 0 Å². The van der Waals surface area contributed by atoms with Crippen LogP contribution >= 0.6 is 0 Å². The average molecular weight is 515 g/mol. The van der Waals surface area contributed by atoms with Crippen molar-refractivity contribution < 1.29 is 29.3 Å². The van der Waals surface area contributed by atoms with Crippen molar-refractivity contribution in [1.82, 2.24) is 19.4 Å². The topological polar surface area (TPSA) is 125 Å². The minimum Gasteiger partial charge on any atom is -0.497 e. The van der Waals surface area contributed by atoms with Crippen molar-refractivity contribution >= 4 is 18.9 Å². The summed E-state index contributed by atoms with van der Waals surface area (Å²) < 4.78 is 7.57. The number of amides is 1. The number of nitrogens with zero attached hydrogens (tertiary/aromatic N) is 4. The molecule has 0 radical (unpaired) electrons. The number of carboxylic acid groups (broad SMARTS) is 2. The van der Waals surface area contributed by atoms with Crippen molar-refractivity contribution in [3.8, 4) is 5.75 Å². The number of carbonyl (C=O) groups excluding carboxylic acids is 1. The van der Waals surface area contributed by atoms with Gasteiger partial charge in [0.1, 0.15) is 11.6 Å². The van der Waals surface area contributed by atoms with E-state index in [9.17, 15) is 4.79 Å². The Hall–Kier alpha value is -3.40. The molecule has 4 atom stereocenters. The Morgan fingerprint density at radius 1 is 1.16 bits per heavy atom. The highest BCUT2D eigenvalue weighted by Crippen LogP contribution is 2.42. The smallest absolute Gasteiger partial charge is 0.290 e. The van der Waals surface area contributed by atoms with E-state index in [1.54, 1.807) is 7.11 Å². The maximum Gasteiger partial charge on any atom is 0.290 e. The summed E-state index contributed by atoms with van der Waals surface area (Å²) in [5.41, 5.74) is 1.27. The Kier molecular flexibility index (Phi) is 10.5. The summed E-state index contributed by atoms with van der Waals surface area (Å²) in [4.78, 5) is 39.2. The highest BCUT2D eigenvalue weighted by molar-refractivity contribution is 5.78. The molecule has 5 rings (SSSR count). The third-order valence-electron chi connectivity index (χ3n) is 7.72. The lowest BCUT2D eigenvalue weighted by atomic mass is 9.70. The number of methoxy groups -OCH3 is 1. The minimum absolute atomic E-state index is 0.250. The van der Waals surface area contributed by atoms with Gasteiger partial charge in [0, 0.05) is 64.0 Å². The first kappa shape index (κ1) is 28.2. The van der Waals surface area contributed by atoms with Crippen LogP contribution in [-0.2, 0) is 34.3 Å². The highest BCUT2D eigenvalue weighted by Gasteiger charge is 2.49. The fourth-order valence-corrected chi connectivity index (χ4v) is 6.25. The van der Waals surface area contributed by atoms with Crippen LogP contribution in [0.4, 0.5) is 0 Å². The molecule has 0 unspecified atom stereocenters. The lowest BCUT2D eigenvalue weighted by Gasteiger charge is -2.57. The van der Waals surface area contributed by atoms with Crippen molar-refractivity contribution in [3.05, 3.63) is 48.0 Å². The molecule has 2 bridgehead atoms. The molecule has 10 heteroatoms. The molecular formula is C27H38N4O6. The van der Waals surface area contributed by atoms with Gasteiger partial charge in [-0.25, -0.2) is 4.98 Å². The van der Waals surface area contributed by atoms with Crippen molar-refractivity contribution in [1.29, 1.82) is 0 Å². The van der Waals surface area contributed by atoms with Gasteiger partial charge in [-0.15, -0.1) is 0 Å². The molecule has 3 fully saturated rings. The fraction of sp³-hybridized carbons (Fsp3) is 0.556. The van der Waals surface area contributed by atoms with Crippen LogP contribution in [0.15, 0.2) is 36.7 Å². The second-order valence-electron chi connectivity index (χ2n) is 9.81. The summed E-state index contributed by atoms with van der Waals surface area (Å²) in [5, 5.41) is 13.8. The highest BCUT2D eigenvalue weighted by atomic mass is 16.5. The second kappa shape index (κ2) is 13.8. The zero-order valence-corrected chi connectivity index (χ0v) is 21.6. The third-order valence-corrected chi connectivity index (χ3v) is 7.72. The number of fused-ring (bicyclic) bond motifs is 4. The number of hydrogen-bond acceptors (Lipinski definition) is 6. The average Bonchev–Trinajstić information content (AvgIpc) is 3.31. The molecule has 2 aromatic rings. The molecule has 1 aromatic heterocycles. The van der Waals surface area contributed by atoms with Crippen LogP contribution in [0.3, 0.4) is 0 Å². The number of aromatic nitrogens is 2. The summed E-state index contributed by atoms with van der Waals surface area (Å²) >= 11 is 0. The fourth-order valence-electron chi connectivity index (χ4n) is 6.25. The number of aryl methyl sites for hydroxylation is 1. The lowest BCUT2D eigenvalue weighted by molar-refractivity contribution is -0.152. The van der Waals surface area contributed by atoms with Crippen LogP contribution in [0.25, 0.3) is 0 Å². The molecule has 3 saturated heterocycles. The first-order valence-corrected chi connectivity index (χ1v) is 12.7. The molecule has 37 heavy (non-hydrogen) atoms. The van der Waals surface area contributed by atoms with Gasteiger partial charge >= 0.3 is 0 Å². The van der Waals surface area contributed by atoms with Crippen molar-refractivity contribution in [2.45, 2.75) is 50.6 Å². The minimum atomic E-state index is -0.250. The van der Waals surface area contributed by atoms with Gasteiger partial charge in [0.15, 0.2) is 0 Å². The molecular weight excluding hydrogens is 476 g/mol. The van der Waals surface area contributed by atoms with E-state index in [0.717, 1.165) is 56.9 Å². The summed E-state index contributed by atoms with van der Waals surface area (Å²) in [6.07, 6.45) is 9.98. The Morgan fingerprint density at radius 2 is 1.89 bits per heavy atom. The molecule has 1 aromatic carbocycles. The van der Waals surface area contributed by atoms with Gasteiger partial charge in [-0.2, -0.15) is 0 Å². The molecule has 0 saturated carbocycles. The zero-order chi connectivity index (χ0) is 26.8. The molecule has 0 aliphatic carbocycles. The zero-order valence-electron chi connectivity index (χ0n) is 21.6. The Morgan fingerprint density at radius 3 is 2.57 bits per heavy atom. The monoisotopic (exact) mass is 514 g/mol. The molecule has 0 spiro atoms. The van der Waals surface area contributed by atoms with Crippen LogP contribution in [0, 0.1) is 11.8 Å². The van der Waals surface area contributed by atoms with Crippen molar-refractivity contribution in [2.24, 2.45) is 18.9 Å². The van der Waals surface area contributed by atoms with Crippen LogP contribution < -0.4 is 4.74 Å². The summed E-state index contributed by atoms with van der Waals surface area (Å²) in [6, 6.07) is 9.07. The van der Waals surface area contributed by atoms with E-state index >= 15 is 0 Å². The lowest BCUT2D eigenvalue weighted by Crippen LogP contribution is -2.65. The largest absolute Gasteiger partial charge is 0.497 e. The van der Waals surface area contributed by atoms with Gasteiger partial charge in [-0.3, -0.25) is 14.4 Å². The summed E-state index contributed by atoms with van der Waals surface area (Å²) in [6.45, 7) is 2.73. The van der Waals surface area contributed by atoms with Crippen LogP contribution in [0.5, 0.6) is 5.75 Å². The van der Waals surface area contributed by atoms with Crippen molar-refractivity contribution in [2.75, 3.05) is 26.7 Å². The van der Waals surface area contributed by atoms with E-state index in [1.165, 1.54) is 12.0 Å². The van der Waals surface area contributed by atoms with Gasteiger partial charge in [0.25, 0.3) is 12.9 Å². The van der Waals surface area contributed by atoms with E-state index in [2.05, 4.69) is 44.6 Å². The number of hydrogen-bond donors (Lipinski definition) is 2. The molecule has 1 amide bonds. The molecule has 2 N–H and O–H groups in total. The number of carbonyl (C=O) groups is 3. The van der Waals surface area contributed by atoms with Gasteiger partial charge in [0.2, 0.25) is 5.91 Å². The Balaban J connectivity index is 0.000000580. The first-order chi connectivity index (χ1) is 17.9. The number of likely N-dealkylation sites (tertiary alicyclic amines) is 1. The van der Waals surface area contributed by atoms with E-state index in [0.29, 0.717) is 30.2 Å². The number of benzene rings is 1. The second-order valence-corrected chi connectivity index (χ2v) is 9.81. The van der Waals surface area contributed by atoms with E-state index in [4.69, 9.17) is 24.5 Å². The standard InChI is InChI=1S/C25H34N4O2.2CH2O2/c1-27-12-10-26-24(27)9-11-28-16-19-15-20(17-28)23(29-22(19)7-4-8-25(29)30)14-18-5-3-6-21(13-18)31-2;2*2-1-3/h3,5-6,10,12-13,19-20,22-23H,4,7-9,11,14-17H2,1-2H3;2*1H,(H,2,3)/t19-,20+,22+,23+;;/m1../s1. The quantitative estimate of drug-likeness (QED) is 0.563. The molecule has 202 valence electrons. The third kappa shape index (κ3) is 7.09. The van der Waals surface area contributed by atoms with Crippen LogP contribution in [-0.4, -0.2) is 87.2 Å². The SMILES string of the molecule is COc1cccc(C[C@H]2[C@H]3C[C@H](CN(CCc4nccn4C)C3)[C@@H]3CCCC(=O)N32)c1.O=CO.O=CO. The molecule has 10 nitrogen and oxygen atoms in total. The van der Waals surface area contributed by atoms with Gasteiger partial charge in [0.05, 0.1) is 7.11 Å². The predicted octanol–water partition coefficient (Wildman–Crippen LogP) is 2.32. The predicted molar refractivity (Wildman–Crippen MR) is 137 cm³/mol. The maximum absolute atomic E-state index is 13.1.